The number of piperidine rings is 1. The van der Waals surface area contributed by atoms with Crippen LogP contribution >= 0.6 is 11.3 Å². The summed E-state index contributed by atoms with van der Waals surface area (Å²) in [6.45, 7) is 2.72. The second-order valence-corrected chi connectivity index (χ2v) is 8.61. The van der Waals surface area contributed by atoms with Crippen molar-refractivity contribution in [3.63, 3.8) is 0 Å². The number of hydrogen-bond acceptors (Lipinski definition) is 6. The molecule has 0 N–H and O–H groups in total. The smallest absolute Gasteiger partial charge is 0.336 e. The van der Waals surface area contributed by atoms with Gasteiger partial charge in [-0.2, -0.15) is 0 Å². The Balaban J connectivity index is 1.41. The molecule has 0 unspecified atom stereocenters. The lowest BCUT2D eigenvalue weighted by Gasteiger charge is -2.31. The van der Waals surface area contributed by atoms with E-state index in [0.717, 1.165) is 48.9 Å². The number of methoxy groups -OCH3 is 1. The van der Waals surface area contributed by atoms with Crippen molar-refractivity contribution in [1.82, 2.24) is 9.88 Å². The van der Waals surface area contributed by atoms with Gasteiger partial charge in [0.1, 0.15) is 11.3 Å². The molecule has 1 fully saturated rings. The van der Waals surface area contributed by atoms with Crippen LogP contribution in [0, 0.1) is 0 Å². The van der Waals surface area contributed by atoms with E-state index in [1.807, 2.05) is 18.2 Å². The molecule has 0 aliphatic carbocycles. The molecule has 5 rings (SSSR count). The number of likely N-dealkylation sites (tertiary alicyclic amines) is 1. The molecule has 2 aromatic heterocycles. The van der Waals surface area contributed by atoms with Crippen LogP contribution in [0.4, 0.5) is 0 Å². The zero-order valence-corrected chi connectivity index (χ0v) is 17.1. The molecule has 4 aromatic rings. The van der Waals surface area contributed by atoms with Crippen molar-refractivity contribution in [1.29, 1.82) is 0 Å². The highest BCUT2D eigenvalue weighted by molar-refractivity contribution is 7.18. The molecule has 148 valence electrons. The minimum atomic E-state index is -0.319. The normalized spacial score (nSPS) is 17.8. The first-order valence-electron chi connectivity index (χ1n) is 9.88. The van der Waals surface area contributed by atoms with Crippen LogP contribution in [0.25, 0.3) is 21.2 Å². The lowest BCUT2D eigenvalue weighted by molar-refractivity contribution is 0.200. The monoisotopic (exact) mass is 406 g/mol. The van der Waals surface area contributed by atoms with Crippen LogP contribution in [-0.4, -0.2) is 30.1 Å². The molecule has 0 bridgehead atoms. The zero-order valence-electron chi connectivity index (χ0n) is 16.3. The van der Waals surface area contributed by atoms with Crippen LogP contribution in [0.2, 0.25) is 0 Å². The zero-order chi connectivity index (χ0) is 19.8. The van der Waals surface area contributed by atoms with Gasteiger partial charge in [0.15, 0.2) is 0 Å². The van der Waals surface area contributed by atoms with E-state index in [-0.39, 0.29) is 5.63 Å². The molecule has 2 aromatic carbocycles. The maximum Gasteiger partial charge on any atom is 0.336 e. The number of ether oxygens (including phenoxy) is 1. The van der Waals surface area contributed by atoms with Gasteiger partial charge >= 0.3 is 5.63 Å². The van der Waals surface area contributed by atoms with Gasteiger partial charge in [-0.15, -0.1) is 11.3 Å². The topological polar surface area (TPSA) is 55.6 Å². The fourth-order valence-corrected chi connectivity index (χ4v) is 5.27. The van der Waals surface area contributed by atoms with Crippen LogP contribution in [0.15, 0.2) is 57.7 Å². The first-order valence-corrected chi connectivity index (χ1v) is 10.7. The molecule has 0 radical (unpaired) electrons. The molecular weight excluding hydrogens is 384 g/mol. The van der Waals surface area contributed by atoms with E-state index >= 15 is 0 Å². The Hall–Kier alpha value is -2.70. The number of hydrogen-bond donors (Lipinski definition) is 0. The number of para-hydroxylation sites is 1. The molecular formula is C23H22N2O3S. The maximum atomic E-state index is 12.1. The minimum absolute atomic E-state index is 0.319. The van der Waals surface area contributed by atoms with Gasteiger partial charge in [0, 0.05) is 36.5 Å². The largest absolute Gasteiger partial charge is 0.497 e. The first kappa shape index (κ1) is 18.3. The molecule has 0 amide bonds. The number of fused-ring (bicyclic) bond motifs is 2. The number of aromatic nitrogens is 1. The SMILES string of the molecule is COc1ccc2c(CN3CCC[C@@H](c4nc5ccccc5s4)C3)cc(=O)oc2c1. The Morgan fingerprint density at radius 1 is 1.24 bits per heavy atom. The predicted molar refractivity (Wildman–Crippen MR) is 116 cm³/mol. The number of nitrogens with zero attached hydrogens (tertiary/aromatic N) is 2. The van der Waals surface area contributed by atoms with Crippen molar-refractivity contribution in [2.24, 2.45) is 0 Å². The second kappa shape index (κ2) is 7.61. The standard InChI is InChI=1S/C23H22N2O3S/c1-27-17-8-9-18-16(11-22(26)28-20(18)12-17)14-25-10-4-5-15(13-25)23-24-19-6-2-3-7-21(19)29-23/h2-3,6-9,11-12,15H,4-5,10,13-14H2,1H3/t15-/m1/s1. The first-order chi connectivity index (χ1) is 14.2. The van der Waals surface area contributed by atoms with Crippen molar-refractivity contribution in [3.05, 3.63) is 69.5 Å². The van der Waals surface area contributed by atoms with E-state index in [1.54, 1.807) is 30.6 Å². The molecule has 29 heavy (non-hydrogen) atoms. The third-order valence-corrected chi connectivity index (χ3v) is 6.80. The van der Waals surface area contributed by atoms with Gasteiger partial charge < -0.3 is 9.15 Å². The predicted octanol–water partition coefficient (Wildman–Crippen LogP) is 4.79. The molecule has 3 heterocycles. The van der Waals surface area contributed by atoms with Gasteiger partial charge in [-0.3, -0.25) is 4.90 Å². The Bertz CT molecular complexity index is 1200. The summed E-state index contributed by atoms with van der Waals surface area (Å²) in [5, 5.41) is 2.19. The summed E-state index contributed by atoms with van der Waals surface area (Å²) >= 11 is 1.80. The van der Waals surface area contributed by atoms with Crippen LogP contribution < -0.4 is 10.4 Å². The van der Waals surface area contributed by atoms with E-state index in [1.165, 1.54) is 9.71 Å². The van der Waals surface area contributed by atoms with E-state index in [2.05, 4.69) is 23.1 Å². The molecule has 0 saturated carbocycles. The molecule has 1 atom stereocenters. The number of benzene rings is 2. The highest BCUT2D eigenvalue weighted by Crippen LogP contribution is 2.34. The molecule has 6 heteroatoms. The highest BCUT2D eigenvalue weighted by Gasteiger charge is 2.24. The Morgan fingerprint density at radius 3 is 3.00 bits per heavy atom. The van der Waals surface area contributed by atoms with Crippen molar-refractivity contribution in [3.8, 4) is 5.75 Å². The van der Waals surface area contributed by atoms with Gasteiger partial charge in [0.25, 0.3) is 0 Å². The highest BCUT2D eigenvalue weighted by atomic mass is 32.1. The average Bonchev–Trinajstić information content (AvgIpc) is 3.18. The van der Waals surface area contributed by atoms with Crippen LogP contribution in [0.5, 0.6) is 5.75 Å². The van der Waals surface area contributed by atoms with Crippen molar-refractivity contribution < 1.29 is 9.15 Å². The van der Waals surface area contributed by atoms with E-state index < -0.39 is 0 Å². The summed E-state index contributed by atoms with van der Waals surface area (Å²) in [5.74, 6) is 1.12. The summed E-state index contributed by atoms with van der Waals surface area (Å²) in [5.41, 5.74) is 2.35. The fraction of sp³-hybridized carbons (Fsp3) is 0.304. The third kappa shape index (κ3) is 3.66. The minimum Gasteiger partial charge on any atom is -0.497 e. The van der Waals surface area contributed by atoms with Gasteiger partial charge in [0.05, 0.1) is 22.3 Å². The molecule has 1 aliphatic rings. The average molecular weight is 407 g/mol. The van der Waals surface area contributed by atoms with Gasteiger partial charge in [0.2, 0.25) is 0 Å². The van der Waals surface area contributed by atoms with Gasteiger partial charge in [-0.25, -0.2) is 9.78 Å². The molecule has 5 nitrogen and oxygen atoms in total. The van der Waals surface area contributed by atoms with E-state index in [9.17, 15) is 4.79 Å². The van der Waals surface area contributed by atoms with Crippen molar-refractivity contribution in [2.75, 3.05) is 20.2 Å². The molecule has 1 aliphatic heterocycles. The number of rotatable bonds is 4. The lowest BCUT2D eigenvalue weighted by Crippen LogP contribution is -2.34. The van der Waals surface area contributed by atoms with Crippen molar-refractivity contribution >= 4 is 32.5 Å². The Labute approximate surface area is 172 Å². The summed E-state index contributed by atoms with van der Waals surface area (Å²) in [4.78, 5) is 19.4. The summed E-state index contributed by atoms with van der Waals surface area (Å²) in [7, 11) is 1.61. The van der Waals surface area contributed by atoms with E-state index in [0.29, 0.717) is 17.3 Å². The van der Waals surface area contributed by atoms with E-state index in [4.69, 9.17) is 14.1 Å². The van der Waals surface area contributed by atoms with Gasteiger partial charge in [-0.05, 0) is 49.2 Å². The Kier molecular flexibility index (Phi) is 4.81. The van der Waals surface area contributed by atoms with Gasteiger partial charge in [-0.1, -0.05) is 12.1 Å². The second-order valence-electron chi connectivity index (χ2n) is 7.55. The van der Waals surface area contributed by atoms with Crippen LogP contribution in [0.1, 0.15) is 29.3 Å². The van der Waals surface area contributed by atoms with Crippen LogP contribution in [-0.2, 0) is 6.54 Å². The summed E-state index contributed by atoms with van der Waals surface area (Å²) in [6.07, 6.45) is 2.29. The number of thiazole rings is 1. The van der Waals surface area contributed by atoms with Crippen molar-refractivity contribution in [2.45, 2.75) is 25.3 Å². The lowest BCUT2D eigenvalue weighted by atomic mass is 9.98. The fourth-order valence-electron chi connectivity index (χ4n) is 4.17. The summed E-state index contributed by atoms with van der Waals surface area (Å²) in [6, 6.07) is 15.6. The maximum absolute atomic E-state index is 12.1. The summed E-state index contributed by atoms with van der Waals surface area (Å²) < 4.78 is 11.9. The quantitative estimate of drug-likeness (QED) is 0.456. The third-order valence-electron chi connectivity index (χ3n) is 5.60. The molecule has 1 saturated heterocycles. The molecule has 0 spiro atoms. The van der Waals surface area contributed by atoms with Crippen LogP contribution in [0.3, 0.4) is 0 Å². The Morgan fingerprint density at radius 2 is 2.14 bits per heavy atom.